The van der Waals surface area contributed by atoms with Crippen LogP contribution in [0.5, 0.6) is 0 Å². The highest BCUT2D eigenvalue weighted by Crippen LogP contribution is 2.29. The van der Waals surface area contributed by atoms with Gasteiger partial charge in [0.1, 0.15) is 12.0 Å². The molecule has 4 rings (SSSR count). The van der Waals surface area contributed by atoms with Crippen LogP contribution in [0.3, 0.4) is 0 Å². The fourth-order valence-corrected chi connectivity index (χ4v) is 3.79. The maximum Gasteiger partial charge on any atom is 0.284 e. The van der Waals surface area contributed by atoms with Crippen LogP contribution in [0.25, 0.3) is 0 Å². The number of aryl methyl sites for hydroxylation is 1. The number of aromatic nitrogens is 2. The summed E-state index contributed by atoms with van der Waals surface area (Å²) in [6.07, 6.45) is 6.88. The van der Waals surface area contributed by atoms with Gasteiger partial charge in [-0.05, 0) is 67.9 Å². The number of carbonyl (C=O) groups is 1. The third-order valence-corrected chi connectivity index (χ3v) is 5.76. The summed E-state index contributed by atoms with van der Waals surface area (Å²) in [5.74, 6) is 0.476. The van der Waals surface area contributed by atoms with E-state index >= 15 is 0 Å². The minimum absolute atomic E-state index is 0.190. The number of hydrazine groups is 1. The smallest absolute Gasteiger partial charge is 0.284 e. The van der Waals surface area contributed by atoms with Crippen LogP contribution in [-0.2, 0) is 6.42 Å². The molecule has 0 unspecified atom stereocenters. The molecule has 1 saturated heterocycles. The van der Waals surface area contributed by atoms with Crippen LogP contribution >= 0.6 is 0 Å². The summed E-state index contributed by atoms with van der Waals surface area (Å²) in [6, 6.07) is 8.15. The average molecular weight is 396 g/mol. The topological polar surface area (TPSA) is 81.6 Å². The Morgan fingerprint density at radius 1 is 1.31 bits per heavy atom. The van der Waals surface area contributed by atoms with Gasteiger partial charge < -0.3 is 10.0 Å². The van der Waals surface area contributed by atoms with Crippen molar-refractivity contribution in [3.05, 3.63) is 53.6 Å². The minimum Gasteiger partial charge on any atom is -0.391 e. The van der Waals surface area contributed by atoms with Crippen LogP contribution in [0.2, 0.25) is 0 Å². The molecule has 1 aliphatic carbocycles. The van der Waals surface area contributed by atoms with Crippen molar-refractivity contribution in [2.24, 2.45) is 5.92 Å². The molecule has 0 spiro atoms. The number of β-amino-alcohol motifs (C(OH)–C–C–N with tert-alkyl or cyclic N) is 1. The number of amides is 1. The number of anilines is 1. The second-order valence-corrected chi connectivity index (χ2v) is 8.17. The van der Waals surface area contributed by atoms with Crippen molar-refractivity contribution in [1.29, 1.82) is 0 Å². The normalized spacial score (nSPS) is 19.0. The first-order chi connectivity index (χ1) is 14.1. The summed E-state index contributed by atoms with van der Waals surface area (Å²) in [4.78, 5) is 22.7. The molecule has 2 heterocycles. The predicted molar refractivity (Wildman–Crippen MR) is 112 cm³/mol. The molecule has 7 heteroatoms. The molecule has 2 aliphatic rings. The zero-order chi connectivity index (χ0) is 20.2. The maximum atomic E-state index is 12.5. The Labute approximate surface area is 171 Å². The number of hydrogen-bond donors (Lipinski definition) is 2. The Bertz CT molecular complexity index is 840. The molecule has 1 saturated carbocycles. The molecule has 0 bridgehead atoms. The van der Waals surface area contributed by atoms with Crippen molar-refractivity contribution in [1.82, 2.24) is 20.4 Å². The van der Waals surface area contributed by atoms with E-state index in [9.17, 15) is 9.90 Å². The Morgan fingerprint density at radius 3 is 2.86 bits per heavy atom. The van der Waals surface area contributed by atoms with Gasteiger partial charge in [-0.1, -0.05) is 6.07 Å². The van der Waals surface area contributed by atoms with Gasteiger partial charge in [0.05, 0.1) is 6.10 Å². The second kappa shape index (κ2) is 8.88. The molecule has 1 atom stereocenters. The number of nitrogens with zero attached hydrogens (tertiary/aromatic N) is 4. The molecule has 0 radical (unpaired) electrons. The number of nitrogens with one attached hydrogen (secondary N) is 1. The fourth-order valence-electron chi connectivity index (χ4n) is 3.79. The first-order valence-corrected chi connectivity index (χ1v) is 10.4. The average Bonchev–Trinajstić information content (AvgIpc) is 3.45. The Balaban J connectivity index is 1.41. The molecule has 29 heavy (non-hydrogen) atoms. The highest BCUT2D eigenvalue weighted by atomic mass is 16.3. The molecule has 7 nitrogen and oxygen atoms in total. The van der Waals surface area contributed by atoms with Crippen molar-refractivity contribution in [2.45, 2.75) is 38.7 Å². The quantitative estimate of drug-likeness (QED) is 0.665. The predicted octanol–water partition coefficient (Wildman–Crippen LogP) is 1.96. The minimum atomic E-state index is -0.231. The molecule has 2 fully saturated rings. The van der Waals surface area contributed by atoms with E-state index in [1.54, 1.807) is 12.3 Å². The van der Waals surface area contributed by atoms with Crippen molar-refractivity contribution >= 4 is 11.6 Å². The Morgan fingerprint density at radius 2 is 2.17 bits per heavy atom. The molecular formula is C22H29N5O2. The zero-order valence-electron chi connectivity index (χ0n) is 16.9. The van der Waals surface area contributed by atoms with E-state index in [4.69, 9.17) is 0 Å². The molecular weight excluding hydrogens is 366 g/mol. The summed E-state index contributed by atoms with van der Waals surface area (Å²) >= 11 is 0. The number of aliphatic hydroxyl groups is 1. The van der Waals surface area contributed by atoms with Gasteiger partial charge >= 0.3 is 0 Å². The van der Waals surface area contributed by atoms with Crippen LogP contribution in [-0.4, -0.2) is 58.3 Å². The lowest BCUT2D eigenvalue weighted by Crippen LogP contribution is -2.44. The van der Waals surface area contributed by atoms with Gasteiger partial charge in [0.25, 0.3) is 5.91 Å². The number of carbonyl (C=O) groups excluding carboxylic acids is 1. The van der Waals surface area contributed by atoms with Gasteiger partial charge in [-0.2, -0.15) is 0 Å². The summed E-state index contributed by atoms with van der Waals surface area (Å²) in [7, 11) is 0. The highest BCUT2D eigenvalue weighted by Gasteiger charge is 2.26. The number of hydrogen-bond acceptors (Lipinski definition) is 6. The maximum absolute atomic E-state index is 12.5. The van der Waals surface area contributed by atoms with E-state index in [1.165, 1.54) is 36.0 Å². The molecule has 2 aromatic rings. The van der Waals surface area contributed by atoms with Crippen LogP contribution in [0.15, 0.2) is 36.8 Å². The van der Waals surface area contributed by atoms with E-state index in [2.05, 4.69) is 45.4 Å². The van der Waals surface area contributed by atoms with E-state index in [0.29, 0.717) is 18.2 Å². The summed E-state index contributed by atoms with van der Waals surface area (Å²) < 4.78 is 0. The van der Waals surface area contributed by atoms with Gasteiger partial charge in [-0.3, -0.25) is 10.2 Å². The van der Waals surface area contributed by atoms with Crippen molar-refractivity contribution in [2.75, 3.05) is 31.1 Å². The van der Waals surface area contributed by atoms with Crippen molar-refractivity contribution in [3.8, 4) is 0 Å². The van der Waals surface area contributed by atoms with Gasteiger partial charge in [-0.25, -0.2) is 15.0 Å². The van der Waals surface area contributed by atoms with Crippen LogP contribution < -0.4 is 10.3 Å². The lowest BCUT2D eigenvalue weighted by Gasteiger charge is -2.24. The first-order valence-electron chi connectivity index (χ1n) is 10.4. The monoisotopic (exact) mass is 395 g/mol. The third-order valence-electron chi connectivity index (χ3n) is 5.76. The van der Waals surface area contributed by atoms with Crippen molar-refractivity contribution < 1.29 is 9.90 Å². The Hall–Kier alpha value is -2.51. The van der Waals surface area contributed by atoms with Crippen LogP contribution in [0.1, 0.15) is 40.9 Å². The molecule has 1 amide bonds. The van der Waals surface area contributed by atoms with E-state index in [1.807, 2.05) is 5.01 Å². The summed E-state index contributed by atoms with van der Waals surface area (Å²) in [5.41, 5.74) is 7.11. The second-order valence-electron chi connectivity index (χ2n) is 8.17. The molecule has 2 N–H and O–H groups in total. The standard InChI is InChI=1S/C22H29N5O2/c1-16-2-5-19(26-10-8-20(28)14-26)12-18(16)7-11-27(13-17-3-4-17)25-22(29)21-6-9-23-15-24-21/h2,5-6,9,12,15,17,20,28H,3-4,7-8,10-11,13-14H2,1H3,(H,25,29)/t20-/m1/s1. The van der Waals surface area contributed by atoms with E-state index in [0.717, 1.165) is 32.5 Å². The summed E-state index contributed by atoms with van der Waals surface area (Å²) in [5, 5.41) is 11.9. The lowest BCUT2D eigenvalue weighted by molar-refractivity contribution is 0.0775. The highest BCUT2D eigenvalue weighted by molar-refractivity contribution is 5.91. The van der Waals surface area contributed by atoms with Gasteiger partial charge in [0.15, 0.2) is 0 Å². The zero-order valence-corrected chi connectivity index (χ0v) is 16.9. The SMILES string of the molecule is Cc1ccc(N2CC[C@@H](O)C2)cc1CCN(CC1CC1)NC(=O)c1ccncn1. The Kier molecular flexibility index (Phi) is 6.06. The lowest BCUT2D eigenvalue weighted by atomic mass is 10.0. The third kappa shape index (κ3) is 5.31. The van der Waals surface area contributed by atoms with Gasteiger partial charge in [0, 0.05) is 38.1 Å². The van der Waals surface area contributed by atoms with Crippen LogP contribution in [0.4, 0.5) is 5.69 Å². The van der Waals surface area contributed by atoms with Crippen LogP contribution in [0, 0.1) is 12.8 Å². The summed E-state index contributed by atoms with van der Waals surface area (Å²) in [6.45, 7) is 5.34. The molecule has 1 aromatic heterocycles. The van der Waals surface area contributed by atoms with E-state index in [-0.39, 0.29) is 12.0 Å². The number of benzene rings is 1. The largest absolute Gasteiger partial charge is 0.391 e. The number of rotatable bonds is 8. The molecule has 1 aliphatic heterocycles. The molecule has 1 aromatic carbocycles. The van der Waals surface area contributed by atoms with Crippen molar-refractivity contribution in [3.63, 3.8) is 0 Å². The fraction of sp³-hybridized carbons (Fsp3) is 0.500. The van der Waals surface area contributed by atoms with Gasteiger partial charge in [0.2, 0.25) is 0 Å². The number of aliphatic hydroxyl groups excluding tert-OH is 1. The first kappa shape index (κ1) is 19.8. The molecule has 154 valence electrons. The van der Waals surface area contributed by atoms with Gasteiger partial charge in [-0.15, -0.1) is 0 Å². The van der Waals surface area contributed by atoms with E-state index < -0.39 is 0 Å².